The van der Waals surface area contributed by atoms with Gasteiger partial charge in [-0.25, -0.2) is 0 Å². The van der Waals surface area contributed by atoms with E-state index in [1.54, 1.807) is 0 Å². The predicted octanol–water partition coefficient (Wildman–Crippen LogP) is 7.20. The van der Waals surface area contributed by atoms with Gasteiger partial charge in [-0.3, -0.25) is 14.7 Å². The molecule has 0 N–H and O–H groups in total. The van der Waals surface area contributed by atoms with Crippen molar-refractivity contribution in [2.75, 3.05) is 0 Å². The van der Waals surface area contributed by atoms with Gasteiger partial charge in [0.1, 0.15) is 11.3 Å². The van der Waals surface area contributed by atoms with E-state index in [0.29, 0.717) is 12.4 Å². The first-order valence-electron chi connectivity index (χ1n) is 12.9. The van der Waals surface area contributed by atoms with Crippen molar-refractivity contribution >= 4 is 11.7 Å². The molecule has 0 fully saturated rings. The van der Waals surface area contributed by atoms with Gasteiger partial charge in [-0.2, -0.15) is 0 Å². The van der Waals surface area contributed by atoms with Crippen LogP contribution in [0.3, 0.4) is 0 Å². The number of hydrogen-bond donors (Lipinski definition) is 0. The van der Waals surface area contributed by atoms with Crippen LogP contribution in [0.4, 0.5) is 0 Å². The molecule has 3 nitrogen and oxygen atoms in total. The van der Waals surface area contributed by atoms with Crippen LogP contribution < -0.4 is 0 Å². The first kappa shape index (κ1) is 23.6. The van der Waals surface area contributed by atoms with Crippen LogP contribution in [0.25, 0.3) is 0 Å². The monoisotopic (exact) mass is 492 g/mol. The van der Waals surface area contributed by atoms with Crippen LogP contribution in [0.5, 0.6) is 0 Å². The van der Waals surface area contributed by atoms with Crippen molar-refractivity contribution in [1.82, 2.24) is 4.90 Å². The zero-order chi connectivity index (χ0) is 25.8. The van der Waals surface area contributed by atoms with E-state index in [9.17, 15) is 0 Å². The van der Waals surface area contributed by atoms with Crippen LogP contribution in [-0.4, -0.2) is 16.6 Å². The van der Waals surface area contributed by atoms with Gasteiger partial charge in [-0.15, -0.1) is 0 Å². The Morgan fingerprint density at radius 3 is 1.55 bits per heavy atom. The number of hydrogen-bond acceptors (Lipinski definition) is 2. The largest absolute Gasteiger partial charge is 0.291 e. The Morgan fingerprint density at radius 1 is 0.579 bits per heavy atom. The Hall–Kier alpha value is -4.76. The lowest BCUT2D eigenvalue weighted by Crippen LogP contribution is -2.56. The second kappa shape index (κ2) is 10.3. The fourth-order valence-electron chi connectivity index (χ4n) is 5.54. The van der Waals surface area contributed by atoms with E-state index in [1.807, 2.05) is 108 Å². The highest BCUT2D eigenvalue weighted by Gasteiger charge is 2.55. The third-order valence-electron chi connectivity index (χ3n) is 7.29. The van der Waals surface area contributed by atoms with Crippen molar-refractivity contribution < 1.29 is 4.79 Å². The number of carbonyl (C=O) groups is 1. The maximum absolute atomic E-state index is 15.3. The minimum Gasteiger partial charge on any atom is -0.291 e. The van der Waals surface area contributed by atoms with Crippen LogP contribution in [-0.2, 0) is 16.8 Å². The first-order valence-corrected chi connectivity index (χ1v) is 12.9. The molecule has 5 aromatic rings. The predicted molar refractivity (Wildman–Crippen MR) is 153 cm³/mol. The number of amides is 1. The van der Waals surface area contributed by atoms with Crippen LogP contribution in [0, 0.1) is 0 Å². The second-order valence-electron chi connectivity index (χ2n) is 9.55. The molecule has 184 valence electrons. The average molecular weight is 493 g/mol. The molecule has 0 saturated carbocycles. The molecule has 1 unspecified atom stereocenters. The molecule has 0 aromatic heterocycles. The maximum Gasteiger partial charge on any atom is 0.246 e. The highest BCUT2D eigenvalue weighted by molar-refractivity contribution is 6.13. The second-order valence-corrected chi connectivity index (χ2v) is 9.55. The Balaban J connectivity index is 1.68. The van der Waals surface area contributed by atoms with E-state index in [0.717, 1.165) is 27.8 Å². The third-order valence-corrected chi connectivity index (χ3v) is 7.29. The molecule has 38 heavy (non-hydrogen) atoms. The zero-order valence-corrected chi connectivity index (χ0v) is 21.0. The summed E-state index contributed by atoms with van der Waals surface area (Å²) in [4.78, 5) is 22.6. The quantitative estimate of drug-likeness (QED) is 0.247. The summed E-state index contributed by atoms with van der Waals surface area (Å²) in [6.07, 6.45) is 0. The number of rotatable bonds is 6. The Kier molecular flexibility index (Phi) is 6.41. The molecule has 6 rings (SSSR count). The summed E-state index contributed by atoms with van der Waals surface area (Å²) < 4.78 is 0. The number of carbonyl (C=O) groups excluding carboxylic acids is 1. The lowest BCUT2D eigenvalue weighted by atomic mass is 9.65. The molecule has 0 aliphatic carbocycles. The van der Waals surface area contributed by atoms with Gasteiger partial charge in [-0.05, 0) is 22.3 Å². The van der Waals surface area contributed by atoms with E-state index in [2.05, 4.69) is 48.5 Å². The van der Waals surface area contributed by atoms with Crippen LogP contribution in [0.2, 0.25) is 0 Å². The number of aliphatic imine (C=N–C) groups is 1. The van der Waals surface area contributed by atoms with Gasteiger partial charge >= 0.3 is 0 Å². The molecule has 1 amide bonds. The molecule has 0 spiro atoms. The Bertz CT molecular complexity index is 1490. The zero-order valence-electron chi connectivity index (χ0n) is 21.0. The minimum absolute atomic E-state index is 0.0152. The molecule has 5 aromatic carbocycles. The smallest absolute Gasteiger partial charge is 0.246 e. The SMILES string of the molecule is O=C1N(Cc2ccccc2)C(c2ccccc2)=NC(c2ccccc2)C1(c1ccccc1)c1ccccc1. The van der Waals surface area contributed by atoms with Crippen molar-refractivity contribution in [1.29, 1.82) is 0 Å². The van der Waals surface area contributed by atoms with E-state index in [-0.39, 0.29) is 5.91 Å². The lowest BCUT2D eigenvalue weighted by molar-refractivity contribution is -0.134. The van der Waals surface area contributed by atoms with E-state index >= 15 is 4.79 Å². The molecule has 1 atom stereocenters. The Labute approximate surface area is 223 Å². The maximum atomic E-state index is 15.3. The highest BCUT2D eigenvalue weighted by atomic mass is 16.2. The summed E-state index contributed by atoms with van der Waals surface area (Å²) in [7, 11) is 0. The van der Waals surface area contributed by atoms with Gasteiger partial charge < -0.3 is 0 Å². The summed E-state index contributed by atoms with van der Waals surface area (Å²) in [5, 5.41) is 0. The van der Waals surface area contributed by atoms with E-state index in [1.165, 1.54) is 0 Å². The van der Waals surface area contributed by atoms with Crippen molar-refractivity contribution in [2.24, 2.45) is 4.99 Å². The summed E-state index contributed by atoms with van der Waals surface area (Å²) in [6, 6.07) is 50.2. The van der Waals surface area contributed by atoms with E-state index < -0.39 is 11.5 Å². The normalized spacial score (nSPS) is 16.6. The molecule has 1 heterocycles. The van der Waals surface area contributed by atoms with E-state index in [4.69, 9.17) is 4.99 Å². The summed E-state index contributed by atoms with van der Waals surface area (Å²) >= 11 is 0. The van der Waals surface area contributed by atoms with Gasteiger partial charge in [0.25, 0.3) is 0 Å². The highest BCUT2D eigenvalue weighted by Crippen LogP contribution is 2.50. The standard InChI is InChI=1S/C35H28N2O/c38-34-35(30-22-12-4-13-23-30,31-24-14-5-15-25-31)32(28-18-8-2-9-19-28)36-33(29-20-10-3-11-21-29)37(34)26-27-16-6-1-7-17-27/h1-25,32H,26H2. The molecule has 3 heteroatoms. The number of nitrogens with zero attached hydrogens (tertiary/aromatic N) is 2. The minimum atomic E-state index is -1.04. The van der Waals surface area contributed by atoms with Crippen molar-refractivity contribution in [2.45, 2.75) is 18.0 Å². The van der Waals surface area contributed by atoms with Crippen molar-refractivity contribution in [3.63, 3.8) is 0 Å². The lowest BCUT2D eigenvalue weighted by Gasteiger charge is -2.46. The topological polar surface area (TPSA) is 32.7 Å². The average Bonchev–Trinajstić information content (AvgIpc) is 3.00. The van der Waals surface area contributed by atoms with Gasteiger partial charge in [-0.1, -0.05) is 152 Å². The fourth-order valence-corrected chi connectivity index (χ4v) is 5.54. The fraction of sp³-hybridized carbons (Fsp3) is 0.0857. The molecule has 1 aliphatic heterocycles. The summed E-state index contributed by atoms with van der Waals surface area (Å²) in [5.74, 6) is 0.706. The van der Waals surface area contributed by atoms with Gasteiger partial charge in [0.15, 0.2) is 0 Å². The van der Waals surface area contributed by atoms with Gasteiger partial charge in [0.2, 0.25) is 5.91 Å². The summed E-state index contributed by atoms with van der Waals surface area (Å²) in [5.41, 5.74) is 3.79. The summed E-state index contributed by atoms with van der Waals surface area (Å²) in [6.45, 7) is 0.427. The Morgan fingerprint density at radius 2 is 1.03 bits per heavy atom. The van der Waals surface area contributed by atoms with Crippen LogP contribution in [0.15, 0.2) is 157 Å². The van der Waals surface area contributed by atoms with Crippen molar-refractivity contribution in [3.8, 4) is 0 Å². The molecule has 0 bridgehead atoms. The van der Waals surface area contributed by atoms with Crippen LogP contribution in [0.1, 0.15) is 33.9 Å². The third kappa shape index (κ3) is 4.12. The number of amidine groups is 1. The molecule has 0 saturated heterocycles. The van der Waals surface area contributed by atoms with Crippen molar-refractivity contribution in [3.05, 3.63) is 179 Å². The van der Waals surface area contributed by atoms with Crippen LogP contribution >= 0.6 is 0 Å². The number of benzene rings is 5. The molecule has 1 aliphatic rings. The molecular weight excluding hydrogens is 464 g/mol. The molecule has 0 radical (unpaired) electrons. The molecular formula is C35H28N2O. The van der Waals surface area contributed by atoms with Gasteiger partial charge in [0.05, 0.1) is 12.6 Å². The first-order chi connectivity index (χ1) is 18.8. The van der Waals surface area contributed by atoms with Gasteiger partial charge in [0, 0.05) is 5.56 Å².